The van der Waals surface area contributed by atoms with Crippen molar-refractivity contribution in [3.05, 3.63) is 10.2 Å². The first-order valence-electron chi connectivity index (χ1n) is 3.48. The Balaban J connectivity index is 3.02. The summed E-state index contributed by atoms with van der Waals surface area (Å²) in [6.45, 7) is 1.22. The fraction of sp³-hybridized carbons (Fsp3) is 0.286. The van der Waals surface area contributed by atoms with Gasteiger partial charge in [-0.15, -0.1) is 11.6 Å². The molecule has 0 N–H and O–H groups in total. The molecule has 0 aliphatic rings. The van der Waals surface area contributed by atoms with E-state index in [9.17, 15) is 9.59 Å². The first kappa shape index (κ1) is 11.4. The molecule has 0 unspecified atom stereocenters. The zero-order valence-electron chi connectivity index (χ0n) is 7.04. The topological polar surface area (TPSA) is 56.3 Å². The number of thiazole rings is 1. The van der Waals surface area contributed by atoms with Crippen molar-refractivity contribution in [3.63, 3.8) is 0 Å². The molecule has 76 valence electrons. The third-order valence-electron chi connectivity index (χ3n) is 1.19. The lowest BCUT2D eigenvalue weighted by molar-refractivity contribution is -0.131. The van der Waals surface area contributed by atoms with Crippen molar-refractivity contribution < 1.29 is 14.3 Å². The Morgan fingerprint density at radius 2 is 2.21 bits per heavy atom. The number of carbonyl (C=O) groups excluding carboxylic acids is 2. The van der Waals surface area contributed by atoms with Crippen LogP contribution in [0, 0.1) is 0 Å². The Morgan fingerprint density at radius 1 is 1.57 bits per heavy atom. The minimum absolute atomic E-state index is 0.00481. The fourth-order valence-corrected chi connectivity index (χ4v) is 1.85. The Labute approximate surface area is 93.8 Å². The number of carbonyl (C=O) groups is 2. The molecule has 0 aliphatic heterocycles. The highest BCUT2D eigenvalue weighted by Gasteiger charge is 2.19. The number of esters is 1. The molecule has 0 fully saturated rings. The van der Waals surface area contributed by atoms with Crippen LogP contribution >= 0.6 is 34.5 Å². The summed E-state index contributed by atoms with van der Waals surface area (Å²) < 4.78 is 4.88. The summed E-state index contributed by atoms with van der Waals surface area (Å²) in [4.78, 5) is 25.6. The van der Waals surface area contributed by atoms with Gasteiger partial charge in [0, 0.05) is 6.92 Å². The van der Waals surface area contributed by atoms with E-state index in [1.54, 1.807) is 0 Å². The third-order valence-corrected chi connectivity index (χ3v) is 2.47. The van der Waals surface area contributed by atoms with Gasteiger partial charge in [-0.2, -0.15) is 0 Å². The SMILES string of the molecule is CC(=O)Oc1sc(Cl)nc1C(=O)CCl. The number of ketones is 1. The van der Waals surface area contributed by atoms with Crippen LogP contribution in [0.5, 0.6) is 5.06 Å². The first-order chi connectivity index (χ1) is 6.54. The maximum atomic E-state index is 11.2. The molecule has 0 radical (unpaired) electrons. The summed E-state index contributed by atoms with van der Waals surface area (Å²) in [5.41, 5.74) is 0.00481. The fourth-order valence-electron chi connectivity index (χ4n) is 0.720. The van der Waals surface area contributed by atoms with Gasteiger partial charge in [-0.1, -0.05) is 22.9 Å². The number of Topliss-reactive ketones (excluding diaryl/α,β-unsaturated/α-hetero) is 1. The average Bonchev–Trinajstić information content (AvgIpc) is 2.44. The molecular weight excluding hydrogens is 249 g/mol. The van der Waals surface area contributed by atoms with E-state index in [0.29, 0.717) is 0 Å². The van der Waals surface area contributed by atoms with Crippen molar-refractivity contribution in [3.8, 4) is 5.06 Å². The number of halogens is 2. The van der Waals surface area contributed by atoms with Crippen LogP contribution in [0.15, 0.2) is 0 Å². The molecule has 1 aromatic heterocycles. The number of ether oxygens (including phenoxy) is 1. The second-order valence-electron chi connectivity index (χ2n) is 2.25. The molecule has 0 spiro atoms. The van der Waals surface area contributed by atoms with Crippen molar-refractivity contribution in [1.82, 2.24) is 4.98 Å². The van der Waals surface area contributed by atoms with Crippen molar-refractivity contribution in [2.75, 3.05) is 5.88 Å². The van der Waals surface area contributed by atoms with Gasteiger partial charge in [0.25, 0.3) is 0 Å². The van der Waals surface area contributed by atoms with Gasteiger partial charge in [0.2, 0.25) is 10.8 Å². The van der Waals surface area contributed by atoms with Crippen LogP contribution in [-0.4, -0.2) is 22.6 Å². The van der Waals surface area contributed by atoms with E-state index in [2.05, 4.69) is 4.98 Å². The maximum absolute atomic E-state index is 11.2. The summed E-state index contributed by atoms with van der Waals surface area (Å²) in [5.74, 6) is -1.19. The van der Waals surface area contributed by atoms with Gasteiger partial charge in [-0.05, 0) is 0 Å². The predicted molar refractivity (Wildman–Crippen MR) is 53.5 cm³/mol. The first-order valence-corrected chi connectivity index (χ1v) is 5.21. The summed E-state index contributed by atoms with van der Waals surface area (Å²) in [5, 5.41) is 0.0909. The molecule has 1 aromatic rings. The number of aromatic nitrogens is 1. The highest BCUT2D eigenvalue weighted by Crippen LogP contribution is 2.31. The Morgan fingerprint density at radius 3 is 2.71 bits per heavy atom. The molecule has 0 amide bonds. The van der Waals surface area contributed by atoms with Gasteiger partial charge in [0.15, 0.2) is 10.2 Å². The second-order valence-corrected chi connectivity index (χ2v) is 4.06. The zero-order chi connectivity index (χ0) is 10.7. The summed E-state index contributed by atoms with van der Waals surface area (Å²) in [7, 11) is 0. The van der Waals surface area contributed by atoms with Crippen LogP contribution < -0.4 is 4.74 Å². The van der Waals surface area contributed by atoms with Crippen LogP contribution in [0.1, 0.15) is 17.4 Å². The summed E-state index contributed by atoms with van der Waals surface area (Å²) >= 11 is 11.8. The Kier molecular flexibility index (Phi) is 3.86. The monoisotopic (exact) mass is 253 g/mol. The zero-order valence-corrected chi connectivity index (χ0v) is 9.37. The second kappa shape index (κ2) is 4.72. The van der Waals surface area contributed by atoms with Crippen molar-refractivity contribution in [1.29, 1.82) is 0 Å². The van der Waals surface area contributed by atoms with Crippen molar-refractivity contribution >= 4 is 46.3 Å². The van der Waals surface area contributed by atoms with E-state index >= 15 is 0 Å². The van der Waals surface area contributed by atoms with Crippen LogP contribution in [-0.2, 0) is 4.79 Å². The number of rotatable bonds is 3. The summed E-state index contributed by atoms with van der Waals surface area (Å²) in [6.07, 6.45) is 0. The van der Waals surface area contributed by atoms with E-state index in [0.717, 1.165) is 11.3 Å². The Bertz CT molecular complexity index is 377. The molecule has 0 aromatic carbocycles. The molecule has 1 heterocycles. The average molecular weight is 254 g/mol. The van der Waals surface area contributed by atoms with Gasteiger partial charge >= 0.3 is 5.97 Å². The van der Waals surface area contributed by atoms with Crippen LogP contribution in [0.3, 0.4) is 0 Å². The standard InChI is InChI=1S/C7H5Cl2NO3S/c1-3(11)13-6-5(4(12)2-8)10-7(9)14-6/h2H2,1H3. The van der Waals surface area contributed by atoms with Crippen molar-refractivity contribution in [2.24, 2.45) is 0 Å². The largest absolute Gasteiger partial charge is 0.413 e. The van der Waals surface area contributed by atoms with Crippen LogP contribution in [0.2, 0.25) is 4.47 Å². The highest BCUT2D eigenvalue weighted by atomic mass is 35.5. The molecule has 1 rings (SSSR count). The van der Waals surface area contributed by atoms with E-state index < -0.39 is 11.8 Å². The maximum Gasteiger partial charge on any atom is 0.308 e. The third kappa shape index (κ3) is 2.67. The van der Waals surface area contributed by atoms with Gasteiger partial charge < -0.3 is 4.74 Å². The molecule has 7 heteroatoms. The molecule has 0 saturated heterocycles. The van der Waals surface area contributed by atoms with E-state index in [-0.39, 0.29) is 21.1 Å². The van der Waals surface area contributed by atoms with E-state index in [1.165, 1.54) is 6.92 Å². The lowest BCUT2D eigenvalue weighted by atomic mass is 10.3. The van der Waals surface area contributed by atoms with Gasteiger partial charge in [-0.3, -0.25) is 9.59 Å². The molecule has 0 bridgehead atoms. The smallest absolute Gasteiger partial charge is 0.308 e. The number of hydrogen-bond donors (Lipinski definition) is 0. The normalized spacial score (nSPS) is 9.93. The molecule has 14 heavy (non-hydrogen) atoms. The van der Waals surface area contributed by atoms with Gasteiger partial charge in [0.05, 0.1) is 5.88 Å². The van der Waals surface area contributed by atoms with Crippen LogP contribution in [0.4, 0.5) is 0 Å². The van der Waals surface area contributed by atoms with Crippen molar-refractivity contribution in [2.45, 2.75) is 6.92 Å². The summed E-state index contributed by atoms with van der Waals surface area (Å²) in [6, 6.07) is 0. The number of nitrogens with zero attached hydrogens (tertiary/aromatic N) is 1. The molecule has 0 saturated carbocycles. The predicted octanol–water partition coefficient (Wildman–Crippen LogP) is 2.14. The lowest BCUT2D eigenvalue weighted by Gasteiger charge is -1.97. The number of alkyl halides is 1. The van der Waals surface area contributed by atoms with Gasteiger partial charge in [-0.25, -0.2) is 4.98 Å². The van der Waals surface area contributed by atoms with Crippen LogP contribution in [0.25, 0.3) is 0 Å². The molecule has 0 aliphatic carbocycles. The minimum Gasteiger partial charge on any atom is -0.413 e. The van der Waals surface area contributed by atoms with E-state index in [1.807, 2.05) is 0 Å². The number of hydrogen-bond acceptors (Lipinski definition) is 5. The molecule has 0 atom stereocenters. The molecule has 4 nitrogen and oxygen atoms in total. The highest BCUT2D eigenvalue weighted by molar-refractivity contribution is 7.17. The van der Waals surface area contributed by atoms with Gasteiger partial charge in [0.1, 0.15) is 0 Å². The van der Waals surface area contributed by atoms with E-state index in [4.69, 9.17) is 27.9 Å². The Hall–Kier alpha value is -0.650. The molecular formula is C7H5Cl2NO3S. The lowest BCUT2D eigenvalue weighted by Crippen LogP contribution is -2.07. The minimum atomic E-state index is -0.533. The quantitative estimate of drug-likeness (QED) is 0.471.